The van der Waals surface area contributed by atoms with Crippen molar-refractivity contribution in [2.45, 2.75) is 59.8 Å². The molecule has 1 aromatic heterocycles. The van der Waals surface area contributed by atoms with Gasteiger partial charge in [0.2, 0.25) is 0 Å². The Morgan fingerprint density at radius 2 is 1.80 bits per heavy atom. The summed E-state index contributed by atoms with van der Waals surface area (Å²) in [6.45, 7) is 13.9. The van der Waals surface area contributed by atoms with Gasteiger partial charge in [0.05, 0.1) is 5.75 Å². The van der Waals surface area contributed by atoms with Gasteiger partial charge < -0.3 is 9.45 Å². The number of aromatic nitrogens is 2. The van der Waals surface area contributed by atoms with E-state index in [4.69, 9.17) is 0 Å². The molecule has 1 aromatic carbocycles. The highest BCUT2D eigenvalue weighted by Gasteiger charge is 2.23. The van der Waals surface area contributed by atoms with Gasteiger partial charge in [-0.25, -0.2) is 4.21 Å². The van der Waals surface area contributed by atoms with Gasteiger partial charge in [-0.1, -0.05) is 39.0 Å². The second-order valence-electron chi connectivity index (χ2n) is 7.57. The largest absolute Gasteiger partial charge is 0.372 e. The van der Waals surface area contributed by atoms with E-state index < -0.39 is 10.0 Å². The first kappa shape index (κ1) is 24.4. The summed E-state index contributed by atoms with van der Waals surface area (Å²) in [5, 5.41) is 18.2. The van der Waals surface area contributed by atoms with E-state index in [0.29, 0.717) is 22.9 Å². The predicted octanol–water partition coefficient (Wildman–Crippen LogP) is 6.47. The average molecular weight is 453 g/mol. The summed E-state index contributed by atoms with van der Waals surface area (Å²) in [6, 6.07) is 5.49. The fourth-order valence-electron chi connectivity index (χ4n) is 2.70. The third-order valence-electron chi connectivity index (χ3n) is 4.92. The Morgan fingerprint density at radius 3 is 2.40 bits per heavy atom. The molecule has 30 heavy (non-hydrogen) atoms. The lowest BCUT2D eigenvalue weighted by molar-refractivity contribution is 0.498. The minimum absolute atomic E-state index is 0.0695. The zero-order valence-corrected chi connectivity index (χ0v) is 20.3. The molecule has 10 heteroatoms. The van der Waals surface area contributed by atoms with Gasteiger partial charge in [0.15, 0.2) is 10.0 Å². The fraction of sp³-hybridized carbons (Fsp3) is 0.600. The van der Waals surface area contributed by atoms with Crippen LogP contribution in [0.3, 0.4) is 0 Å². The summed E-state index contributed by atoms with van der Waals surface area (Å²) in [7, 11) is -3.34. The van der Waals surface area contributed by atoms with Crippen molar-refractivity contribution in [2.24, 2.45) is 14.6 Å². The van der Waals surface area contributed by atoms with Gasteiger partial charge in [-0.2, -0.15) is 4.36 Å². The van der Waals surface area contributed by atoms with Gasteiger partial charge in [-0.15, -0.1) is 20.4 Å². The Hall–Kier alpha value is -1.91. The van der Waals surface area contributed by atoms with Crippen LogP contribution in [0.1, 0.15) is 59.4 Å². The van der Waals surface area contributed by atoms with Crippen molar-refractivity contribution in [1.82, 2.24) is 10.2 Å². The summed E-state index contributed by atoms with van der Waals surface area (Å²) in [4.78, 5) is 2.14. The summed E-state index contributed by atoms with van der Waals surface area (Å²) >= 11 is 1.40. The molecule has 1 heterocycles. The van der Waals surface area contributed by atoms with E-state index in [2.05, 4.69) is 64.3 Å². The van der Waals surface area contributed by atoms with Crippen molar-refractivity contribution in [2.75, 3.05) is 23.7 Å². The smallest absolute Gasteiger partial charge is 0.251 e. The molecule has 0 fully saturated rings. The molecule has 0 aliphatic rings. The second kappa shape index (κ2) is 10.4. The highest BCUT2D eigenvalue weighted by Crippen LogP contribution is 2.36. The maximum absolute atomic E-state index is 12.4. The van der Waals surface area contributed by atoms with Gasteiger partial charge in [0.25, 0.3) is 5.13 Å². The summed E-state index contributed by atoms with van der Waals surface area (Å²) < 4.78 is 26.8. The van der Waals surface area contributed by atoms with E-state index in [9.17, 15) is 8.76 Å². The predicted molar refractivity (Wildman–Crippen MR) is 125 cm³/mol. The van der Waals surface area contributed by atoms with Gasteiger partial charge in [0.1, 0.15) is 16.4 Å². The van der Waals surface area contributed by atoms with Crippen LogP contribution in [0, 0.1) is 0 Å². The molecule has 1 N–H and O–H groups in total. The van der Waals surface area contributed by atoms with Crippen LogP contribution >= 0.6 is 11.3 Å². The molecule has 1 unspecified atom stereocenters. The first-order chi connectivity index (χ1) is 14.2. The zero-order valence-electron chi connectivity index (χ0n) is 18.6. The number of anilines is 1. The van der Waals surface area contributed by atoms with E-state index in [1.54, 1.807) is 12.1 Å². The fourth-order valence-corrected chi connectivity index (χ4v) is 4.61. The molecule has 8 nitrogen and oxygen atoms in total. The molecule has 0 aliphatic heterocycles. The highest BCUT2D eigenvalue weighted by atomic mass is 32.2. The van der Waals surface area contributed by atoms with Crippen molar-refractivity contribution in [3.05, 3.63) is 23.2 Å². The number of nitrogens with zero attached hydrogens (tertiary/aromatic N) is 6. The van der Waals surface area contributed by atoms with Crippen LogP contribution in [0.2, 0.25) is 0 Å². The Labute approximate surface area is 183 Å². The second-order valence-corrected chi connectivity index (χ2v) is 10.3. The average Bonchev–Trinajstić information content (AvgIpc) is 3.18. The van der Waals surface area contributed by atoms with Crippen molar-refractivity contribution in [3.63, 3.8) is 0 Å². The first-order valence-corrected chi connectivity index (χ1v) is 12.7. The van der Waals surface area contributed by atoms with Crippen molar-refractivity contribution in [3.8, 4) is 0 Å². The van der Waals surface area contributed by atoms with Crippen molar-refractivity contribution >= 4 is 43.5 Å². The Morgan fingerprint density at radius 1 is 1.10 bits per heavy atom. The van der Waals surface area contributed by atoms with Crippen molar-refractivity contribution < 1.29 is 8.76 Å². The lowest BCUT2D eigenvalue weighted by Crippen LogP contribution is -2.21. The van der Waals surface area contributed by atoms with Crippen LogP contribution in [0.15, 0.2) is 32.8 Å². The minimum Gasteiger partial charge on any atom is -0.372 e. The lowest BCUT2D eigenvalue weighted by Gasteiger charge is -2.21. The summed E-state index contributed by atoms with van der Waals surface area (Å²) in [6.07, 6.45) is 1.50. The monoisotopic (exact) mass is 452 g/mol. The number of rotatable bonds is 10. The summed E-state index contributed by atoms with van der Waals surface area (Å²) in [5.41, 5.74) is 1.63. The first-order valence-electron chi connectivity index (χ1n) is 10.3. The molecule has 0 saturated carbocycles. The van der Waals surface area contributed by atoms with E-state index >= 15 is 0 Å². The van der Waals surface area contributed by atoms with Crippen LogP contribution in [0.25, 0.3) is 0 Å². The molecular formula is C20H32N6O2S2. The molecule has 0 amide bonds. The van der Waals surface area contributed by atoms with Crippen LogP contribution in [-0.4, -0.2) is 37.8 Å². The Kier molecular flexibility index (Phi) is 8.45. The standard InChI is InChI=1S/C20H32N6O2S2/c1-7-13-30(27,28)25-17-14-15(26(9-3)10-4)11-12-16(17)21-23-19-24-22-18(29-19)20(5,6)8-2/h11-12,14H,7-10,13H2,1-6H3,(H,25,27,28). The minimum atomic E-state index is -3.34. The van der Waals surface area contributed by atoms with E-state index in [0.717, 1.165) is 30.2 Å². The lowest BCUT2D eigenvalue weighted by atomic mass is 9.91. The SMILES string of the molecule is CCCS(=O)(O)=Nc1cc(N(CC)CC)ccc1N=Nc1nnc(C(C)(C)CC)s1. The summed E-state index contributed by atoms with van der Waals surface area (Å²) in [5.74, 6) is 0.102. The van der Waals surface area contributed by atoms with Crippen LogP contribution < -0.4 is 4.90 Å². The number of hydrogen-bond acceptors (Lipinski definition) is 8. The Balaban J connectivity index is 2.46. The maximum atomic E-state index is 12.4. The molecule has 0 aliphatic carbocycles. The maximum Gasteiger partial charge on any atom is 0.251 e. The van der Waals surface area contributed by atoms with Gasteiger partial charge in [-0.05, 0) is 44.9 Å². The van der Waals surface area contributed by atoms with E-state index in [1.807, 2.05) is 13.0 Å². The third-order valence-corrected chi connectivity index (χ3v) is 7.51. The molecule has 0 bridgehead atoms. The molecule has 166 valence electrons. The molecule has 0 saturated heterocycles. The quantitative estimate of drug-likeness (QED) is 0.416. The highest BCUT2D eigenvalue weighted by molar-refractivity contribution is 7.88. The van der Waals surface area contributed by atoms with Gasteiger partial charge >= 0.3 is 0 Å². The van der Waals surface area contributed by atoms with Crippen LogP contribution in [-0.2, 0) is 15.4 Å². The normalized spacial score (nSPS) is 14.1. The molecule has 1 atom stereocenters. The van der Waals surface area contributed by atoms with E-state index in [-0.39, 0.29) is 11.2 Å². The van der Waals surface area contributed by atoms with Crippen molar-refractivity contribution in [1.29, 1.82) is 0 Å². The third kappa shape index (κ3) is 6.29. The zero-order chi connectivity index (χ0) is 22.4. The number of benzene rings is 1. The topological polar surface area (TPSA) is 103 Å². The van der Waals surface area contributed by atoms with Crippen LogP contribution in [0.4, 0.5) is 22.2 Å². The molecular weight excluding hydrogens is 420 g/mol. The van der Waals surface area contributed by atoms with Gasteiger partial charge in [0, 0.05) is 24.2 Å². The molecule has 0 radical (unpaired) electrons. The van der Waals surface area contributed by atoms with Crippen LogP contribution in [0.5, 0.6) is 0 Å². The van der Waals surface area contributed by atoms with E-state index in [1.165, 1.54) is 11.3 Å². The number of hydrogen-bond donors (Lipinski definition) is 1. The molecule has 2 rings (SSSR count). The number of azo groups is 1. The van der Waals surface area contributed by atoms with Gasteiger partial charge in [-0.3, -0.25) is 0 Å². The molecule has 0 spiro atoms. The Bertz CT molecular complexity index is 989. The molecule has 2 aromatic rings.